The smallest absolute Gasteiger partial charge is 0.164 e. The van der Waals surface area contributed by atoms with Crippen molar-refractivity contribution < 1.29 is 0 Å². The van der Waals surface area contributed by atoms with E-state index in [2.05, 4.69) is 127 Å². The Morgan fingerprint density at radius 1 is 0.239 bits per heavy atom. The maximum atomic E-state index is 4.99. The fourth-order valence-electron chi connectivity index (χ4n) is 6.65. The summed E-state index contributed by atoms with van der Waals surface area (Å²) >= 11 is 0. The Morgan fingerprint density at radius 3 is 1.22 bits per heavy atom. The van der Waals surface area contributed by atoms with E-state index in [-0.39, 0.29) is 0 Å². The molecular weight excluding hydrogens is 558 g/mol. The van der Waals surface area contributed by atoms with Crippen LogP contribution in [0.15, 0.2) is 164 Å². The van der Waals surface area contributed by atoms with E-state index in [0.717, 1.165) is 27.8 Å². The molecule has 0 aliphatic heterocycles. The largest absolute Gasteiger partial charge is 0.208 e. The second-order valence-electron chi connectivity index (χ2n) is 11.6. The molecule has 7 aromatic carbocycles. The van der Waals surface area contributed by atoms with Crippen LogP contribution in [0.25, 0.3) is 89.4 Å². The minimum atomic E-state index is 0.651. The summed E-state index contributed by atoms with van der Waals surface area (Å²) in [5.41, 5.74) is 12.8. The molecule has 0 unspecified atom stereocenters. The van der Waals surface area contributed by atoms with E-state index in [1.54, 1.807) is 0 Å². The molecule has 1 heterocycles. The Morgan fingerprint density at radius 2 is 0.630 bits per heavy atom. The highest BCUT2D eigenvalue weighted by molar-refractivity contribution is 6.18. The molecule has 1 aromatic heterocycles. The lowest BCUT2D eigenvalue weighted by atomic mass is 9.94. The van der Waals surface area contributed by atoms with Gasteiger partial charge in [-0.05, 0) is 55.3 Å². The zero-order valence-electron chi connectivity index (χ0n) is 24.9. The Bertz CT molecular complexity index is 2350. The summed E-state index contributed by atoms with van der Waals surface area (Å²) in [6.45, 7) is 0. The Balaban J connectivity index is 1.11. The molecule has 1 aliphatic rings. The van der Waals surface area contributed by atoms with E-state index in [1.807, 2.05) is 36.4 Å². The summed E-state index contributed by atoms with van der Waals surface area (Å²) in [5.74, 6) is 1.96. The highest BCUT2D eigenvalue weighted by Crippen LogP contribution is 2.49. The number of hydrogen-bond donors (Lipinski definition) is 0. The van der Waals surface area contributed by atoms with Gasteiger partial charge in [-0.15, -0.1) is 0 Å². The van der Waals surface area contributed by atoms with Crippen LogP contribution in [0.1, 0.15) is 0 Å². The average molecular weight is 586 g/mol. The predicted molar refractivity (Wildman–Crippen MR) is 189 cm³/mol. The normalized spacial score (nSPS) is 11.5. The molecule has 1 aliphatic carbocycles. The van der Waals surface area contributed by atoms with E-state index in [1.165, 1.54) is 44.2 Å². The van der Waals surface area contributed by atoms with Crippen molar-refractivity contribution in [3.63, 3.8) is 0 Å². The van der Waals surface area contributed by atoms with E-state index >= 15 is 0 Å². The van der Waals surface area contributed by atoms with Crippen LogP contribution in [0.3, 0.4) is 0 Å². The third-order valence-corrected chi connectivity index (χ3v) is 8.92. The average Bonchev–Trinajstić information content (AvgIpc) is 3.47. The van der Waals surface area contributed by atoms with Crippen molar-refractivity contribution in [3.8, 4) is 78.7 Å². The molecule has 0 atom stereocenters. The van der Waals surface area contributed by atoms with Gasteiger partial charge >= 0.3 is 0 Å². The number of rotatable bonds is 5. The number of nitrogens with zero attached hydrogens (tertiary/aromatic N) is 3. The minimum absolute atomic E-state index is 0.651. The van der Waals surface area contributed by atoms with Crippen LogP contribution in [-0.4, -0.2) is 15.0 Å². The molecule has 0 spiro atoms. The van der Waals surface area contributed by atoms with Crippen molar-refractivity contribution in [3.05, 3.63) is 164 Å². The molecule has 46 heavy (non-hydrogen) atoms. The van der Waals surface area contributed by atoms with E-state index in [4.69, 9.17) is 15.0 Å². The molecule has 8 aromatic rings. The summed E-state index contributed by atoms with van der Waals surface area (Å²) in [5, 5.41) is 2.60. The topological polar surface area (TPSA) is 38.7 Å². The zero-order valence-corrected chi connectivity index (χ0v) is 24.9. The lowest BCUT2D eigenvalue weighted by Gasteiger charge is -2.11. The SMILES string of the molecule is c1ccc(-c2ccc(-c3nc(-c4ccccc4)nc(-c4ccc(-c5ccc6c7c(cccc57)-c5ccccc5-6)cc4)n3)cc2)cc1. The van der Waals surface area contributed by atoms with Crippen LogP contribution in [-0.2, 0) is 0 Å². The van der Waals surface area contributed by atoms with Crippen LogP contribution in [0.5, 0.6) is 0 Å². The van der Waals surface area contributed by atoms with Crippen molar-refractivity contribution >= 4 is 10.8 Å². The first-order valence-corrected chi connectivity index (χ1v) is 15.5. The van der Waals surface area contributed by atoms with Gasteiger partial charge in [-0.1, -0.05) is 164 Å². The zero-order chi connectivity index (χ0) is 30.5. The highest BCUT2D eigenvalue weighted by atomic mass is 15.0. The molecule has 0 saturated heterocycles. The second kappa shape index (κ2) is 10.8. The third kappa shape index (κ3) is 4.41. The van der Waals surface area contributed by atoms with Gasteiger partial charge in [0.15, 0.2) is 17.5 Å². The number of aromatic nitrogens is 3. The van der Waals surface area contributed by atoms with Crippen LogP contribution < -0.4 is 0 Å². The fourth-order valence-corrected chi connectivity index (χ4v) is 6.65. The molecule has 214 valence electrons. The lowest BCUT2D eigenvalue weighted by Crippen LogP contribution is -2.00. The molecule has 3 nitrogen and oxygen atoms in total. The first-order chi connectivity index (χ1) is 22.8. The first-order valence-electron chi connectivity index (χ1n) is 15.5. The van der Waals surface area contributed by atoms with E-state index in [9.17, 15) is 0 Å². The van der Waals surface area contributed by atoms with Gasteiger partial charge in [-0.25, -0.2) is 15.0 Å². The van der Waals surface area contributed by atoms with Gasteiger partial charge in [0.25, 0.3) is 0 Å². The summed E-state index contributed by atoms with van der Waals surface area (Å²) in [4.78, 5) is 14.9. The van der Waals surface area contributed by atoms with E-state index in [0.29, 0.717) is 17.5 Å². The number of benzene rings is 7. The monoisotopic (exact) mass is 585 g/mol. The molecule has 0 amide bonds. The van der Waals surface area contributed by atoms with Crippen LogP contribution in [0, 0.1) is 0 Å². The van der Waals surface area contributed by atoms with E-state index < -0.39 is 0 Å². The van der Waals surface area contributed by atoms with Gasteiger partial charge < -0.3 is 0 Å². The summed E-state index contributed by atoms with van der Waals surface area (Å²) in [6, 6.07) is 57.4. The molecule has 0 radical (unpaired) electrons. The molecule has 0 bridgehead atoms. The summed E-state index contributed by atoms with van der Waals surface area (Å²) < 4.78 is 0. The van der Waals surface area contributed by atoms with Crippen molar-refractivity contribution in [2.24, 2.45) is 0 Å². The fraction of sp³-hybridized carbons (Fsp3) is 0. The first kappa shape index (κ1) is 26.2. The number of hydrogen-bond acceptors (Lipinski definition) is 3. The third-order valence-electron chi connectivity index (χ3n) is 8.92. The van der Waals surface area contributed by atoms with Gasteiger partial charge in [-0.3, -0.25) is 0 Å². The Labute approximate surface area is 267 Å². The maximum Gasteiger partial charge on any atom is 0.164 e. The maximum absolute atomic E-state index is 4.99. The van der Waals surface area contributed by atoms with Crippen molar-refractivity contribution in [1.82, 2.24) is 15.0 Å². The Kier molecular flexibility index (Phi) is 6.14. The molecule has 3 heteroatoms. The predicted octanol–water partition coefficient (Wildman–Crippen LogP) is 11.0. The quantitative estimate of drug-likeness (QED) is 0.202. The molecule has 0 N–H and O–H groups in total. The summed E-state index contributed by atoms with van der Waals surface area (Å²) in [7, 11) is 0. The molecular formula is C43H27N3. The molecule has 0 fully saturated rings. The van der Waals surface area contributed by atoms with Crippen LogP contribution in [0.2, 0.25) is 0 Å². The van der Waals surface area contributed by atoms with Crippen molar-refractivity contribution in [2.45, 2.75) is 0 Å². The Hall–Kier alpha value is -6.19. The van der Waals surface area contributed by atoms with Crippen LogP contribution >= 0.6 is 0 Å². The minimum Gasteiger partial charge on any atom is -0.208 e. The standard InChI is InChI=1S/C43H27N3/c1-3-10-28(11-4-1)29-18-22-32(23-19-29)42-44-41(31-12-5-2-6-13-31)45-43(46-42)33-24-20-30(21-25-33)34-26-27-39-36-15-8-7-14-35(36)38-17-9-16-37(34)40(38)39/h1-27H. The van der Waals surface area contributed by atoms with Crippen molar-refractivity contribution in [1.29, 1.82) is 0 Å². The summed E-state index contributed by atoms with van der Waals surface area (Å²) in [6.07, 6.45) is 0. The second-order valence-corrected chi connectivity index (χ2v) is 11.6. The van der Waals surface area contributed by atoms with Gasteiger partial charge in [-0.2, -0.15) is 0 Å². The van der Waals surface area contributed by atoms with Gasteiger partial charge in [0.05, 0.1) is 0 Å². The van der Waals surface area contributed by atoms with Crippen LogP contribution in [0.4, 0.5) is 0 Å². The lowest BCUT2D eigenvalue weighted by molar-refractivity contribution is 1.07. The molecule has 9 rings (SSSR count). The number of fused-ring (bicyclic) bond motifs is 3. The van der Waals surface area contributed by atoms with Crippen molar-refractivity contribution in [2.75, 3.05) is 0 Å². The highest BCUT2D eigenvalue weighted by Gasteiger charge is 2.22. The van der Waals surface area contributed by atoms with Gasteiger partial charge in [0.2, 0.25) is 0 Å². The van der Waals surface area contributed by atoms with Gasteiger partial charge in [0.1, 0.15) is 0 Å². The molecule has 0 saturated carbocycles. The van der Waals surface area contributed by atoms with Gasteiger partial charge in [0, 0.05) is 16.7 Å².